The number of carbonyl (C=O) groups is 2. The van der Waals surface area contributed by atoms with Crippen LogP contribution in [0.3, 0.4) is 0 Å². The van der Waals surface area contributed by atoms with Gasteiger partial charge in [-0.1, -0.05) is 19.4 Å². The zero-order valence-electron chi connectivity index (χ0n) is 15.4. The molecule has 0 aliphatic carbocycles. The molecule has 1 heterocycles. The summed E-state index contributed by atoms with van der Waals surface area (Å²) >= 11 is 0. The lowest BCUT2D eigenvalue weighted by molar-refractivity contribution is 0.0948. The number of nitrogens with one attached hydrogen (secondary N) is 2. The average molecular weight is 355 g/mol. The summed E-state index contributed by atoms with van der Waals surface area (Å²) in [4.78, 5) is 28.6. The zero-order valence-corrected chi connectivity index (χ0v) is 15.4. The highest BCUT2D eigenvalue weighted by atomic mass is 16.5. The molecule has 0 radical (unpaired) electrons. The van der Waals surface area contributed by atoms with Gasteiger partial charge in [0.05, 0.1) is 6.10 Å². The first kappa shape index (κ1) is 19.4. The fourth-order valence-electron chi connectivity index (χ4n) is 2.24. The van der Waals surface area contributed by atoms with Crippen molar-refractivity contribution in [2.45, 2.75) is 39.7 Å². The van der Waals surface area contributed by atoms with E-state index in [1.165, 1.54) is 0 Å². The Bertz CT molecular complexity index is 742. The molecule has 2 amide bonds. The summed E-state index contributed by atoms with van der Waals surface area (Å²) in [5.74, 6) is 0.0934. The van der Waals surface area contributed by atoms with Gasteiger partial charge in [0.25, 0.3) is 11.8 Å². The van der Waals surface area contributed by atoms with Crippen LogP contribution in [-0.4, -0.2) is 29.4 Å². The molecule has 0 unspecified atom stereocenters. The molecule has 138 valence electrons. The molecular formula is C20H25N3O3. The Morgan fingerprint density at radius 1 is 1.04 bits per heavy atom. The van der Waals surface area contributed by atoms with E-state index in [0.717, 1.165) is 18.6 Å². The molecule has 0 fully saturated rings. The van der Waals surface area contributed by atoms with Crippen LogP contribution in [0.25, 0.3) is 0 Å². The van der Waals surface area contributed by atoms with Crippen molar-refractivity contribution in [3.05, 3.63) is 53.9 Å². The van der Waals surface area contributed by atoms with Gasteiger partial charge in [-0.15, -0.1) is 0 Å². The molecule has 0 aliphatic rings. The van der Waals surface area contributed by atoms with Crippen LogP contribution < -0.4 is 15.4 Å². The number of hydrogen-bond acceptors (Lipinski definition) is 4. The summed E-state index contributed by atoms with van der Waals surface area (Å²) < 4.78 is 5.57. The second-order valence-corrected chi connectivity index (χ2v) is 6.16. The standard InChI is InChI=1S/C20H25N3O3/c1-4-5-13-21-19(24)17-7-6-8-18(23-17)20(25)22-15-9-11-16(12-10-15)26-14(2)3/h6-12,14H,4-5,13H2,1-3H3,(H,21,24)(H,22,25). The lowest BCUT2D eigenvalue weighted by atomic mass is 10.2. The third-order valence-corrected chi connectivity index (χ3v) is 3.51. The van der Waals surface area contributed by atoms with Crippen molar-refractivity contribution >= 4 is 17.5 Å². The number of ether oxygens (including phenoxy) is 1. The van der Waals surface area contributed by atoms with E-state index in [4.69, 9.17) is 4.74 Å². The van der Waals surface area contributed by atoms with Crippen molar-refractivity contribution in [2.24, 2.45) is 0 Å². The highest BCUT2D eigenvalue weighted by Crippen LogP contribution is 2.17. The first-order valence-corrected chi connectivity index (χ1v) is 8.83. The summed E-state index contributed by atoms with van der Waals surface area (Å²) in [6.45, 7) is 6.55. The molecule has 2 aromatic rings. The van der Waals surface area contributed by atoms with Crippen molar-refractivity contribution in [1.29, 1.82) is 0 Å². The predicted octanol–water partition coefficient (Wildman–Crippen LogP) is 3.65. The largest absolute Gasteiger partial charge is 0.491 e. The third-order valence-electron chi connectivity index (χ3n) is 3.51. The monoisotopic (exact) mass is 355 g/mol. The summed E-state index contributed by atoms with van der Waals surface area (Å²) in [7, 11) is 0. The number of pyridine rings is 1. The number of nitrogens with zero attached hydrogens (tertiary/aromatic N) is 1. The van der Waals surface area contributed by atoms with Gasteiger partial charge >= 0.3 is 0 Å². The molecule has 1 aromatic carbocycles. The zero-order chi connectivity index (χ0) is 18.9. The van der Waals surface area contributed by atoms with E-state index in [1.807, 2.05) is 13.8 Å². The van der Waals surface area contributed by atoms with Gasteiger partial charge in [0, 0.05) is 12.2 Å². The van der Waals surface area contributed by atoms with Gasteiger partial charge < -0.3 is 15.4 Å². The summed E-state index contributed by atoms with van der Waals surface area (Å²) in [5, 5.41) is 5.56. The highest BCUT2D eigenvalue weighted by Gasteiger charge is 2.12. The molecule has 0 atom stereocenters. The molecule has 2 rings (SSSR count). The van der Waals surface area contributed by atoms with Crippen LogP contribution in [0.15, 0.2) is 42.5 Å². The van der Waals surface area contributed by atoms with E-state index in [1.54, 1.807) is 42.5 Å². The van der Waals surface area contributed by atoms with E-state index in [2.05, 4.69) is 22.5 Å². The highest BCUT2D eigenvalue weighted by molar-refractivity contribution is 6.03. The molecule has 26 heavy (non-hydrogen) atoms. The molecule has 0 saturated heterocycles. The number of amides is 2. The summed E-state index contributed by atoms with van der Waals surface area (Å²) in [6.07, 6.45) is 1.99. The Kier molecular flexibility index (Phi) is 7.14. The van der Waals surface area contributed by atoms with Crippen molar-refractivity contribution in [1.82, 2.24) is 10.3 Å². The minimum absolute atomic E-state index is 0.0888. The molecule has 1 aromatic heterocycles. The normalized spacial score (nSPS) is 10.5. The van der Waals surface area contributed by atoms with E-state index in [9.17, 15) is 9.59 Å². The molecule has 0 saturated carbocycles. The fraction of sp³-hybridized carbons (Fsp3) is 0.350. The molecule has 0 aliphatic heterocycles. The molecule has 6 heteroatoms. The van der Waals surface area contributed by atoms with Crippen LogP contribution in [0, 0.1) is 0 Å². The first-order chi connectivity index (χ1) is 12.5. The predicted molar refractivity (Wildman–Crippen MR) is 102 cm³/mol. The van der Waals surface area contributed by atoms with Gasteiger partial charge in [0.15, 0.2) is 0 Å². The second-order valence-electron chi connectivity index (χ2n) is 6.16. The Balaban J connectivity index is 2.01. The van der Waals surface area contributed by atoms with Crippen molar-refractivity contribution < 1.29 is 14.3 Å². The maximum atomic E-state index is 12.4. The molecule has 0 spiro atoms. The quantitative estimate of drug-likeness (QED) is 0.708. The maximum absolute atomic E-state index is 12.4. The number of aromatic nitrogens is 1. The van der Waals surface area contributed by atoms with Crippen molar-refractivity contribution in [3.8, 4) is 5.75 Å². The third kappa shape index (κ3) is 5.88. The lowest BCUT2D eigenvalue weighted by Crippen LogP contribution is -2.26. The van der Waals surface area contributed by atoms with Crippen LogP contribution in [0.1, 0.15) is 54.6 Å². The van der Waals surface area contributed by atoms with Crippen LogP contribution in [0.4, 0.5) is 5.69 Å². The minimum atomic E-state index is -0.370. The van der Waals surface area contributed by atoms with Gasteiger partial charge in [-0.25, -0.2) is 4.98 Å². The van der Waals surface area contributed by atoms with Crippen molar-refractivity contribution in [2.75, 3.05) is 11.9 Å². The summed E-state index contributed by atoms with van der Waals surface area (Å²) in [5.41, 5.74) is 1.05. The maximum Gasteiger partial charge on any atom is 0.274 e. The summed E-state index contributed by atoms with van der Waals surface area (Å²) in [6, 6.07) is 11.9. The van der Waals surface area contributed by atoms with Gasteiger partial charge in [0.2, 0.25) is 0 Å². The van der Waals surface area contributed by atoms with Crippen LogP contribution in [0.5, 0.6) is 5.75 Å². The van der Waals surface area contributed by atoms with Crippen LogP contribution >= 0.6 is 0 Å². The molecular weight excluding hydrogens is 330 g/mol. The smallest absolute Gasteiger partial charge is 0.274 e. The Morgan fingerprint density at radius 3 is 2.31 bits per heavy atom. The number of benzene rings is 1. The molecule has 6 nitrogen and oxygen atoms in total. The lowest BCUT2D eigenvalue weighted by Gasteiger charge is -2.11. The van der Waals surface area contributed by atoms with Gasteiger partial charge in [-0.3, -0.25) is 9.59 Å². The SMILES string of the molecule is CCCCNC(=O)c1cccc(C(=O)Nc2ccc(OC(C)C)cc2)n1. The molecule has 0 bridgehead atoms. The van der Waals surface area contributed by atoms with E-state index in [0.29, 0.717) is 12.2 Å². The van der Waals surface area contributed by atoms with Gasteiger partial charge in [-0.2, -0.15) is 0 Å². The van der Waals surface area contributed by atoms with Crippen molar-refractivity contribution in [3.63, 3.8) is 0 Å². The number of anilines is 1. The number of carbonyl (C=O) groups excluding carboxylic acids is 2. The van der Waals surface area contributed by atoms with Gasteiger partial charge in [-0.05, 0) is 56.7 Å². The average Bonchev–Trinajstić information content (AvgIpc) is 2.63. The minimum Gasteiger partial charge on any atom is -0.491 e. The number of unbranched alkanes of at least 4 members (excludes halogenated alkanes) is 1. The van der Waals surface area contributed by atoms with E-state index in [-0.39, 0.29) is 29.3 Å². The van der Waals surface area contributed by atoms with Crippen LogP contribution in [0.2, 0.25) is 0 Å². The molecule has 2 N–H and O–H groups in total. The van der Waals surface area contributed by atoms with Gasteiger partial charge in [0.1, 0.15) is 17.1 Å². The number of hydrogen-bond donors (Lipinski definition) is 2. The van der Waals surface area contributed by atoms with E-state index < -0.39 is 0 Å². The second kappa shape index (κ2) is 9.56. The fourth-order valence-corrected chi connectivity index (χ4v) is 2.24. The Labute approximate surface area is 154 Å². The number of rotatable bonds is 8. The first-order valence-electron chi connectivity index (χ1n) is 8.83. The van der Waals surface area contributed by atoms with Crippen LogP contribution in [-0.2, 0) is 0 Å². The topological polar surface area (TPSA) is 80.3 Å². The van der Waals surface area contributed by atoms with E-state index >= 15 is 0 Å². The Morgan fingerprint density at radius 2 is 1.69 bits per heavy atom. The Hall–Kier alpha value is -2.89.